The lowest BCUT2D eigenvalue weighted by Crippen LogP contribution is -2.40. The standard InChI is InChI=1S/C22H35F3N4O2.HI/c1-3-5-17(8-11-30)15-27-21(26-4-2)28-16-18-6-7-19(14-20(18)22(23,24)25)29-9-12-31-13-10-29;/h6-7,14,17,30H,3-5,8-13,15-16H2,1-2H3,(H2,26,27,28);1H. The highest BCUT2D eigenvalue weighted by atomic mass is 127. The first-order chi connectivity index (χ1) is 14.9. The largest absolute Gasteiger partial charge is 0.416 e. The summed E-state index contributed by atoms with van der Waals surface area (Å²) in [6, 6.07) is 4.46. The van der Waals surface area contributed by atoms with E-state index >= 15 is 0 Å². The summed E-state index contributed by atoms with van der Waals surface area (Å²) in [4.78, 5) is 6.30. The van der Waals surface area contributed by atoms with Crippen molar-refractivity contribution in [2.45, 2.75) is 45.8 Å². The Hall–Kier alpha value is -1.27. The molecular weight excluding hydrogens is 536 g/mol. The Morgan fingerprint density at radius 2 is 1.91 bits per heavy atom. The van der Waals surface area contributed by atoms with Crippen molar-refractivity contribution in [2.75, 3.05) is 50.9 Å². The van der Waals surface area contributed by atoms with Gasteiger partial charge < -0.3 is 25.4 Å². The predicted molar refractivity (Wildman–Crippen MR) is 133 cm³/mol. The van der Waals surface area contributed by atoms with Gasteiger partial charge in [-0.3, -0.25) is 0 Å². The first-order valence-electron chi connectivity index (χ1n) is 11.0. The Bertz CT molecular complexity index is 692. The second kappa shape index (κ2) is 14.8. The quantitative estimate of drug-likeness (QED) is 0.225. The molecule has 0 aromatic heterocycles. The van der Waals surface area contributed by atoms with E-state index in [4.69, 9.17) is 4.74 Å². The molecule has 0 bridgehead atoms. The van der Waals surface area contributed by atoms with Crippen LogP contribution in [0.2, 0.25) is 0 Å². The minimum Gasteiger partial charge on any atom is -0.396 e. The van der Waals surface area contributed by atoms with Gasteiger partial charge in [0, 0.05) is 38.5 Å². The highest BCUT2D eigenvalue weighted by molar-refractivity contribution is 14.0. The molecule has 32 heavy (non-hydrogen) atoms. The van der Waals surface area contributed by atoms with E-state index in [1.54, 1.807) is 6.07 Å². The van der Waals surface area contributed by atoms with Crippen LogP contribution >= 0.6 is 24.0 Å². The summed E-state index contributed by atoms with van der Waals surface area (Å²) in [5.41, 5.74) is 0.0437. The highest BCUT2D eigenvalue weighted by Crippen LogP contribution is 2.35. The molecule has 0 aliphatic carbocycles. The van der Waals surface area contributed by atoms with Crippen molar-refractivity contribution in [3.05, 3.63) is 29.3 Å². The number of morpholine rings is 1. The van der Waals surface area contributed by atoms with Crippen molar-refractivity contribution in [1.82, 2.24) is 10.6 Å². The monoisotopic (exact) mass is 572 g/mol. The number of anilines is 1. The molecule has 0 amide bonds. The Morgan fingerprint density at radius 1 is 1.19 bits per heavy atom. The van der Waals surface area contributed by atoms with Gasteiger partial charge in [0.15, 0.2) is 5.96 Å². The molecule has 3 N–H and O–H groups in total. The van der Waals surface area contributed by atoms with Crippen molar-refractivity contribution >= 4 is 35.6 Å². The topological polar surface area (TPSA) is 69.1 Å². The van der Waals surface area contributed by atoms with E-state index in [0.29, 0.717) is 57.5 Å². The number of alkyl halides is 3. The van der Waals surface area contributed by atoms with Crippen LogP contribution in [-0.2, 0) is 17.5 Å². The number of guanidine groups is 1. The van der Waals surface area contributed by atoms with Gasteiger partial charge in [0.25, 0.3) is 0 Å². The van der Waals surface area contributed by atoms with Crippen LogP contribution in [0, 0.1) is 5.92 Å². The number of rotatable bonds is 10. The average Bonchev–Trinajstić information content (AvgIpc) is 2.75. The number of aliphatic hydroxyl groups excluding tert-OH is 1. The van der Waals surface area contributed by atoms with E-state index in [-0.39, 0.29) is 48.6 Å². The normalized spacial score (nSPS) is 15.8. The number of halogens is 4. The van der Waals surface area contributed by atoms with Gasteiger partial charge in [0.1, 0.15) is 0 Å². The SMILES string of the molecule is CCCC(CCO)CNC(=NCc1ccc(N2CCOCC2)cc1C(F)(F)F)NCC.I. The van der Waals surface area contributed by atoms with Crippen molar-refractivity contribution in [3.8, 4) is 0 Å². The Morgan fingerprint density at radius 3 is 2.50 bits per heavy atom. The van der Waals surface area contributed by atoms with Crippen LogP contribution in [-0.4, -0.2) is 57.1 Å². The van der Waals surface area contributed by atoms with Crippen LogP contribution in [0.15, 0.2) is 23.2 Å². The fraction of sp³-hybridized carbons (Fsp3) is 0.682. The van der Waals surface area contributed by atoms with Crippen molar-refractivity contribution < 1.29 is 23.0 Å². The second-order valence-corrected chi connectivity index (χ2v) is 7.68. The summed E-state index contributed by atoms with van der Waals surface area (Å²) in [6.07, 6.45) is -1.80. The fourth-order valence-corrected chi connectivity index (χ4v) is 3.67. The van der Waals surface area contributed by atoms with Crippen LogP contribution in [0.5, 0.6) is 0 Å². The molecule has 1 unspecified atom stereocenters. The molecule has 1 aliphatic rings. The Kier molecular flexibility index (Phi) is 13.3. The molecule has 10 heteroatoms. The molecule has 1 saturated heterocycles. The van der Waals surface area contributed by atoms with E-state index in [1.807, 2.05) is 11.8 Å². The third-order valence-electron chi connectivity index (χ3n) is 5.32. The number of benzene rings is 1. The molecular formula is C22H36F3IN4O2. The van der Waals surface area contributed by atoms with Gasteiger partial charge in [-0.1, -0.05) is 19.4 Å². The number of aliphatic imine (C=N–C) groups is 1. The third kappa shape index (κ3) is 9.30. The van der Waals surface area contributed by atoms with E-state index in [1.165, 1.54) is 12.1 Å². The summed E-state index contributed by atoms with van der Waals surface area (Å²) in [5.74, 6) is 0.768. The molecule has 1 heterocycles. The highest BCUT2D eigenvalue weighted by Gasteiger charge is 2.34. The van der Waals surface area contributed by atoms with Gasteiger partial charge in [0.2, 0.25) is 0 Å². The molecule has 2 rings (SSSR count). The maximum absolute atomic E-state index is 13.7. The maximum Gasteiger partial charge on any atom is 0.416 e. The van der Waals surface area contributed by atoms with Gasteiger partial charge in [-0.25, -0.2) is 4.99 Å². The van der Waals surface area contributed by atoms with Gasteiger partial charge in [-0.15, -0.1) is 24.0 Å². The molecule has 184 valence electrons. The predicted octanol–water partition coefficient (Wildman–Crippen LogP) is 4.01. The number of ether oxygens (including phenoxy) is 1. The third-order valence-corrected chi connectivity index (χ3v) is 5.32. The van der Waals surface area contributed by atoms with Gasteiger partial charge >= 0.3 is 6.18 Å². The first kappa shape index (κ1) is 28.8. The molecule has 1 aromatic rings. The summed E-state index contributed by atoms with van der Waals surface area (Å²) in [7, 11) is 0. The van der Waals surface area contributed by atoms with E-state index in [0.717, 1.165) is 12.8 Å². The summed E-state index contributed by atoms with van der Waals surface area (Å²) in [6.45, 7) is 7.44. The number of aliphatic hydroxyl groups is 1. The lowest BCUT2D eigenvalue weighted by Gasteiger charge is -2.29. The molecule has 0 spiro atoms. The van der Waals surface area contributed by atoms with E-state index < -0.39 is 11.7 Å². The Labute approximate surface area is 206 Å². The first-order valence-corrected chi connectivity index (χ1v) is 11.0. The van der Waals surface area contributed by atoms with Gasteiger partial charge in [-0.2, -0.15) is 13.2 Å². The Balaban J connectivity index is 0.00000512. The molecule has 1 aliphatic heterocycles. The van der Waals surface area contributed by atoms with Crippen molar-refractivity contribution in [1.29, 1.82) is 0 Å². The fourth-order valence-electron chi connectivity index (χ4n) is 3.67. The maximum atomic E-state index is 13.7. The smallest absolute Gasteiger partial charge is 0.396 e. The van der Waals surface area contributed by atoms with Crippen LogP contribution in [0.1, 0.15) is 44.2 Å². The number of hydrogen-bond donors (Lipinski definition) is 3. The van der Waals surface area contributed by atoms with Crippen molar-refractivity contribution in [3.63, 3.8) is 0 Å². The van der Waals surface area contributed by atoms with Crippen LogP contribution in [0.25, 0.3) is 0 Å². The number of nitrogens with one attached hydrogen (secondary N) is 2. The minimum atomic E-state index is -4.45. The molecule has 0 saturated carbocycles. The minimum absolute atomic E-state index is 0. The summed E-state index contributed by atoms with van der Waals surface area (Å²) >= 11 is 0. The molecule has 1 fully saturated rings. The molecule has 1 aromatic carbocycles. The second-order valence-electron chi connectivity index (χ2n) is 7.68. The van der Waals surface area contributed by atoms with E-state index in [9.17, 15) is 18.3 Å². The van der Waals surface area contributed by atoms with Crippen molar-refractivity contribution in [2.24, 2.45) is 10.9 Å². The number of nitrogens with zero attached hydrogens (tertiary/aromatic N) is 2. The lowest BCUT2D eigenvalue weighted by molar-refractivity contribution is -0.138. The zero-order chi connectivity index (χ0) is 22.7. The van der Waals surface area contributed by atoms with E-state index in [2.05, 4.69) is 22.5 Å². The summed E-state index contributed by atoms with van der Waals surface area (Å²) in [5, 5.41) is 15.5. The molecule has 1 atom stereocenters. The average molecular weight is 572 g/mol. The zero-order valence-corrected chi connectivity index (χ0v) is 21.2. The number of hydrogen-bond acceptors (Lipinski definition) is 4. The van der Waals surface area contributed by atoms with Crippen LogP contribution in [0.3, 0.4) is 0 Å². The van der Waals surface area contributed by atoms with Gasteiger partial charge in [0.05, 0.1) is 25.3 Å². The lowest BCUT2D eigenvalue weighted by atomic mass is 10.0. The summed E-state index contributed by atoms with van der Waals surface area (Å²) < 4.78 is 46.5. The molecule has 0 radical (unpaired) electrons. The van der Waals surface area contributed by atoms with Gasteiger partial charge in [-0.05, 0) is 43.4 Å². The zero-order valence-electron chi connectivity index (χ0n) is 18.9. The van der Waals surface area contributed by atoms with Crippen LogP contribution in [0.4, 0.5) is 18.9 Å². The molecule has 6 nitrogen and oxygen atoms in total. The van der Waals surface area contributed by atoms with Crippen LogP contribution < -0.4 is 15.5 Å².